The average molecular weight is 482 g/mol. The molecule has 1 unspecified atom stereocenters. The Kier molecular flexibility index (Phi) is 5.89. The molecule has 1 amide bonds. The highest BCUT2D eigenvalue weighted by molar-refractivity contribution is 6.05. The van der Waals surface area contributed by atoms with E-state index in [-0.39, 0.29) is 17.5 Å². The quantitative estimate of drug-likeness (QED) is 0.427. The minimum atomic E-state index is -0.202. The average Bonchev–Trinajstić information content (AvgIpc) is 3.29. The van der Waals surface area contributed by atoms with Crippen molar-refractivity contribution in [3.05, 3.63) is 100.0 Å². The van der Waals surface area contributed by atoms with E-state index in [9.17, 15) is 9.59 Å². The molecule has 182 valence electrons. The summed E-state index contributed by atoms with van der Waals surface area (Å²) in [7, 11) is 0. The maximum absolute atomic E-state index is 14.0. The van der Waals surface area contributed by atoms with Gasteiger partial charge >= 0.3 is 0 Å². The van der Waals surface area contributed by atoms with Gasteiger partial charge in [0.25, 0.3) is 11.5 Å². The number of hydrogen-bond acceptors (Lipinski definition) is 5. The molecule has 0 spiro atoms. The van der Waals surface area contributed by atoms with Crippen molar-refractivity contribution in [3.63, 3.8) is 0 Å². The number of benzene rings is 3. The van der Waals surface area contributed by atoms with Crippen LogP contribution in [-0.2, 0) is 6.54 Å². The Balaban J connectivity index is 1.38. The Morgan fingerprint density at radius 1 is 0.889 bits per heavy atom. The monoisotopic (exact) mass is 481 g/mol. The molecule has 0 radical (unpaired) electrons. The van der Waals surface area contributed by atoms with E-state index in [1.165, 1.54) is 4.68 Å². The molecule has 1 fully saturated rings. The molecule has 36 heavy (non-hydrogen) atoms. The van der Waals surface area contributed by atoms with Gasteiger partial charge in [0.15, 0.2) is 17.2 Å². The van der Waals surface area contributed by atoms with Crippen molar-refractivity contribution in [2.75, 3.05) is 19.8 Å². The van der Waals surface area contributed by atoms with Crippen molar-refractivity contribution in [1.29, 1.82) is 0 Å². The molecule has 7 heteroatoms. The van der Waals surface area contributed by atoms with E-state index < -0.39 is 0 Å². The topological polar surface area (TPSA) is 73.7 Å². The number of aromatic nitrogens is 2. The molecule has 7 nitrogen and oxygen atoms in total. The van der Waals surface area contributed by atoms with Crippen LogP contribution >= 0.6 is 0 Å². The minimum absolute atomic E-state index is 0.0929. The third-order valence-corrected chi connectivity index (χ3v) is 6.92. The molecular formula is C29H27N3O4. The molecule has 6 rings (SSSR count). The largest absolute Gasteiger partial charge is 0.490 e. The summed E-state index contributed by atoms with van der Waals surface area (Å²) in [5.41, 5.74) is 2.08. The van der Waals surface area contributed by atoms with Crippen LogP contribution in [0.1, 0.15) is 46.9 Å². The predicted octanol–water partition coefficient (Wildman–Crippen LogP) is 4.58. The van der Waals surface area contributed by atoms with E-state index in [4.69, 9.17) is 9.47 Å². The van der Waals surface area contributed by atoms with Gasteiger partial charge in [0.1, 0.15) is 0 Å². The first-order valence-electron chi connectivity index (χ1n) is 12.4. The van der Waals surface area contributed by atoms with Crippen molar-refractivity contribution < 1.29 is 14.3 Å². The van der Waals surface area contributed by atoms with Crippen LogP contribution in [0.2, 0.25) is 0 Å². The fourth-order valence-electron chi connectivity index (χ4n) is 5.14. The highest BCUT2D eigenvalue weighted by Gasteiger charge is 2.33. The zero-order chi connectivity index (χ0) is 24.5. The van der Waals surface area contributed by atoms with Crippen LogP contribution in [0.4, 0.5) is 0 Å². The van der Waals surface area contributed by atoms with E-state index in [1.807, 2.05) is 71.6 Å². The van der Waals surface area contributed by atoms with Gasteiger partial charge < -0.3 is 14.4 Å². The number of fused-ring (bicyclic) bond motifs is 2. The zero-order valence-electron chi connectivity index (χ0n) is 19.9. The Labute approximate surface area is 208 Å². The first kappa shape index (κ1) is 22.3. The number of ether oxygens (including phenoxy) is 2. The van der Waals surface area contributed by atoms with E-state index in [0.29, 0.717) is 42.8 Å². The van der Waals surface area contributed by atoms with Gasteiger partial charge in [0.05, 0.1) is 31.2 Å². The van der Waals surface area contributed by atoms with Crippen LogP contribution < -0.4 is 15.0 Å². The van der Waals surface area contributed by atoms with Crippen LogP contribution in [0.15, 0.2) is 77.6 Å². The molecule has 3 aromatic carbocycles. The maximum Gasteiger partial charge on any atom is 0.275 e. The SMILES string of the molecule is O=C(c1nn(Cc2ccccc2)c(=O)c2ccccc12)N1CCCC1c1ccc2c(c1)OCCCO2. The lowest BCUT2D eigenvalue weighted by Gasteiger charge is -2.26. The highest BCUT2D eigenvalue weighted by atomic mass is 16.5. The number of carbonyl (C=O) groups excluding carboxylic acids is 1. The lowest BCUT2D eigenvalue weighted by molar-refractivity contribution is 0.0729. The van der Waals surface area contributed by atoms with Gasteiger partial charge in [-0.1, -0.05) is 54.6 Å². The Bertz CT molecular complexity index is 1480. The van der Waals surface area contributed by atoms with E-state index in [1.54, 1.807) is 6.07 Å². The molecule has 0 bridgehead atoms. The second-order valence-corrected chi connectivity index (χ2v) is 9.26. The molecule has 2 aliphatic heterocycles. The highest BCUT2D eigenvalue weighted by Crippen LogP contribution is 2.38. The summed E-state index contributed by atoms with van der Waals surface area (Å²) in [4.78, 5) is 29.1. The Morgan fingerprint density at radius 2 is 1.64 bits per heavy atom. The van der Waals surface area contributed by atoms with E-state index in [2.05, 4.69) is 5.10 Å². The first-order valence-corrected chi connectivity index (χ1v) is 12.4. The molecular weight excluding hydrogens is 454 g/mol. The fraction of sp³-hybridized carbons (Fsp3) is 0.276. The summed E-state index contributed by atoms with van der Waals surface area (Å²) >= 11 is 0. The van der Waals surface area contributed by atoms with Crippen molar-refractivity contribution in [3.8, 4) is 11.5 Å². The minimum Gasteiger partial charge on any atom is -0.490 e. The number of carbonyl (C=O) groups is 1. The smallest absolute Gasteiger partial charge is 0.275 e. The summed E-state index contributed by atoms with van der Waals surface area (Å²) < 4.78 is 13.1. The summed E-state index contributed by atoms with van der Waals surface area (Å²) in [6.07, 6.45) is 2.59. The third-order valence-electron chi connectivity index (χ3n) is 6.92. The van der Waals surface area contributed by atoms with Crippen molar-refractivity contribution in [1.82, 2.24) is 14.7 Å². The first-order chi connectivity index (χ1) is 17.7. The van der Waals surface area contributed by atoms with Crippen LogP contribution in [-0.4, -0.2) is 40.3 Å². The number of amides is 1. The number of hydrogen-bond donors (Lipinski definition) is 0. The van der Waals surface area contributed by atoms with Crippen LogP contribution in [0.3, 0.4) is 0 Å². The molecule has 1 saturated heterocycles. The second-order valence-electron chi connectivity index (χ2n) is 9.26. The van der Waals surface area contributed by atoms with Crippen molar-refractivity contribution in [2.24, 2.45) is 0 Å². The van der Waals surface area contributed by atoms with E-state index >= 15 is 0 Å². The fourth-order valence-corrected chi connectivity index (χ4v) is 5.14. The van der Waals surface area contributed by atoms with Gasteiger partial charge in [-0.25, -0.2) is 4.68 Å². The van der Waals surface area contributed by atoms with Crippen molar-refractivity contribution in [2.45, 2.75) is 31.8 Å². The standard InChI is InChI=1S/C29H27N3O4/c33-28-23-11-5-4-10-22(23)27(30-32(28)19-20-8-2-1-3-9-20)29(34)31-15-6-12-24(31)21-13-14-25-26(18-21)36-17-7-16-35-25/h1-5,8-11,13-14,18,24H,6-7,12,15-17,19H2. The Hall–Kier alpha value is -4.13. The maximum atomic E-state index is 14.0. The lowest BCUT2D eigenvalue weighted by atomic mass is 10.0. The summed E-state index contributed by atoms with van der Waals surface area (Å²) in [5, 5.41) is 5.70. The van der Waals surface area contributed by atoms with Gasteiger partial charge in [0.2, 0.25) is 0 Å². The zero-order valence-corrected chi connectivity index (χ0v) is 19.9. The van der Waals surface area contributed by atoms with Crippen LogP contribution in [0.5, 0.6) is 11.5 Å². The van der Waals surface area contributed by atoms with Gasteiger partial charge in [-0.15, -0.1) is 0 Å². The van der Waals surface area contributed by atoms with Crippen LogP contribution in [0.25, 0.3) is 10.8 Å². The molecule has 1 aromatic heterocycles. The molecule has 2 aliphatic rings. The molecule has 0 N–H and O–H groups in total. The summed E-state index contributed by atoms with van der Waals surface area (Å²) in [6, 6.07) is 22.8. The molecule has 3 heterocycles. The molecule has 1 atom stereocenters. The van der Waals surface area contributed by atoms with E-state index in [0.717, 1.165) is 41.9 Å². The summed E-state index contributed by atoms with van der Waals surface area (Å²) in [6.45, 7) is 2.18. The van der Waals surface area contributed by atoms with Crippen molar-refractivity contribution >= 4 is 16.7 Å². The number of likely N-dealkylation sites (tertiary alicyclic amines) is 1. The van der Waals surface area contributed by atoms with Gasteiger partial charge in [-0.3, -0.25) is 9.59 Å². The lowest BCUT2D eigenvalue weighted by Crippen LogP contribution is -2.34. The third kappa shape index (κ3) is 4.11. The molecule has 0 saturated carbocycles. The summed E-state index contributed by atoms with van der Waals surface area (Å²) in [5.74, 6) is 1.31. The predicted molar refractivity (Wildman–Crippen MR) is 137 cm³/mol. The van der Waals surface area contributed by atoms with Gasteiger partial charge in [0, 0.05) is 18.4 Å². The molecule has 4 aromatic rings. The number of rotatable bonds is 4. The second kappa shape index (κ2) is 9.49. The Morgan fingerprint density at radius 3 is 2.47 bits per heavy atom. The van der Waals surface area contributed by atoms with Crippen LogP contribution in [0, 0.1) is 0 Å². The molecule has 0 aliphatic carbocycles. The van der Waals surface area contributed by atoms with Gasteiger partial charge in [-0.2, -0.15) is 5.10 Å². The number of nitrogens with zero attached hydrogens (tertiary/aromatic N) is 3. The normalized spacial score (nSPS) is 17.2. The van der Waals surface area contributed by atoms with Gasteiger partial charge in [-0.05, 0) is 42.2 Å².